The highest BCUT2D eigenvalue weighted by Gasteiger charge is 2.27. The quantitative estimate of drug-likeness (QED) is 0.731. The molecule has 1 amide bonds. The summed E-state index contributed by atoms with van der Waals surface area (Å²) < 4.78 is 5.34. The molecule has 2 fully saturated rings. The third-order valence-corrected chi connectivity index (χ3v) is 3.73. The van der Waals surface area contributed by atoms with E-state index < -0.39 is 0 Å². The number of hydrogen-bond donors (Lipinski definition) is 1. The minimum atomic E-state index is 0.0428. The minimum Gasteiger partial charge on any atom is -0.379 e. The molecule has 5 heteroatoms. The van der Waals surface area contributed by atoms with E-state index in [1.54, 1.807) is 0 Å². The molecule has 0 spiro atoms. The predicted octanol–water partition coefficient (Wildman–Crippen LogP) is -0.343. The zero-order valence-electron chi connectivity index (χ0n) is 10.6. The summed E-state index contributed by atoms with van der Waals surface area (Å²) in [5, 5.41) is 0. The van der Waals surface area contributed by atoms with Gasteiger partial charge in [-0.2, -0.15) is 0 Å². The summed E-state index contributed by atoms with van der Waals surface area (Å²) in [5.41, 5.74) is 5.78. The lowest BCUT2D eigenvalue weighted by atomic mass is 10.2. The van der Waals surface area contributed by atoms with E-state index in [1.807, 2.05) is 4.90 Å². The van der Waals surface area contributed by atoms with E-state index in [0.717, 1.165) is 45.8 Å². The van der Waals surface area contributed by atoms with Gasteiger partial charge in [-0.25, -0.2) is 0 Å². The lowest BCUT2D eigenvalue weighted by Crippen LogP contribution is -2.43. The molecule has 0 aromatic carbocycles. The Balaban J connectivity index is 1.72. The van der Waals surface area contributed by atoms with Gasteiger partial charge < -0.3 is 15.4 Å². The van der Waals surface area contributed by atoms with Crippen molar-refractivity contribution < 1.29 is 9.53 Å². The predicted molar refractivity (Wildman–Crippen MR) is 65.6 cm³/mol. The van der Waals surface area contributed by atoms with Gasteiger partial charge in [0.2, 0.25) is 5.91 Å². The molecule has 0 bridgehead atoms. The van der Waals surface area contributed by atoms with Crippen molar-refractivity contribution in [2.75, 3.05) is 39.4 Å². The van der Waals surface area contributed by atoms with Crippen LogP contribution in [-0.2, 0) is 9.53 Å². The van der Waals surface area contributed by atoms with Crippen molar-refractivity contribution in [3.8, 4) is 0 Å². The van der Waals surface area contributed by atoms with Gasteiger partial charge in [-0.15, -0.1) is 0 Å². The number of ether oxygens (including phenoxy) is 1. The fraction of sp³-hybridized carbons (Fsp3) is 0.917. The van der Waals surface area contributed by atoms with Crippen LogP contribution in [0.3, 0.4) is 0 Å². The van der Waals surface area contributed by atoms with Crippen molar-refractivity contribution in [1.82, 2.24) is 9.80 Å². The molecule has 17 heavy (non-hydrogen) atoms. The third kappa shape index (κ3) is 3.40. The number of morpholine rings is 1. The van der Waals surface area contributed by atoms with Crippen LogP contribution < -0.4 is 5.73 Å². The maximum Gasteiger partial charge on any atom is 0.224 e. The first-order valence-corrected chi connectivity index (χ1v) is 6.52. The van der Waals surface area contributed by atoms with Crippen LogP contribution in [-0.4, -0.2) is 67.2 Å². The first kappa shape index (κ1) is 12.8. The highest BCUT2D eigenvalue weighted by atomic mass is 16.5. The SMILES string of the molecule is CC(CCN1CC(N)CC1=O)N1CCOCC1. The molecule has 2 rings (SSSR count). The summed E-state index contributed by atoms with van der Waals surface area (Å²) in [6.07, 6.45) is 1.55. The average molecular weight is 241 g/mol. The van der Waals surface area contributed by atoms with Crippen LogP contribution in [0.4, 0.5) is 0 Å². The molecule has 2 saturated heterocycles. The lowest BCUT2D eigenvalue weighted by molar-refractivity contribution is -0.127. The van der Waals surface area contributed by atoms with E-state index in [4.69, 9.17) is 10.5 Å². The largest absolute Gasteiger partial charge is 0.379 e. The Bertz CT molecular complexity index is 266. The molecule has 0 saturated carbocycles. The Hall–Kier alpha value is -0.650. The Labute approximate surface area is 103 Å². The molecule has 5 nitrogen and oxygen atoms in total. The van der Waals surface area contributed by atoms with Gasteiger partial charge in [-0.05, 0) is 13.3 Å². The number of likely N-dealkylation sites (tertiary alicyclic amines) is 1. The van der Waals surface area contributed by atoms with E-state index in [-0.39, 0.29) is 11.9 Å². The van der Waals surface area contributed by atoms with Gasteiger partial charge in [0, 0.05) is 44.7 Å². The molecule has 2 N–H and O–H groups in total. The average Bonchev–Trinajstić information content (AvgIpc) is 2.66. The monoisotopic (exact) mass is 241 g/mol. The zero-order valence-corrected chi connectivity index (χ0v) is 10.6. The maximum absolute atomic E-state index is 11.6. The van der Waals surface area contributed by atoms with Crippen LogP contribution in [0.1, 0.15) is 19.8 Å². The van der Waals surface area contributed by atoms with Crippen molar-refractivity contribution in [2.45, 2.75) is 31.8 Å². The van der Waals surface area contributed by atoms with E-state index in [1.165, 1.54) is 0 Å². The van der Waals surface area contributed by atoms with E-state index in [9.17, 15) is 4.79 Å². The Kier molecular flexibility index (Phi) is 4.36. The highest BCUT2D eigenvalue weighted by molar-refractivity contribution is 5.79. The molecule has 2 atom stereocenters. The molecule has 0 aromatic rings. The van der Waals surface area contributed by atoms with Gasteiger partial charge >= 0.3 is 0 Å². The second kappa shape index (κ2) is 5.80. The van der Waals surface area contributed by atoms with Gasteiger partial charge in [0.15, 0.2) is 0 Å². The van der Waals surface area contributed by atoms with E-state index >= 15 is 0 Å². The van der Waals surface area contributed by atoms with Crippen molar-refractivity contribution in [1.29, 1.82) is 0 Å². The first-order chi connectivity index (χ1) is 8.16. The number of carbonyl (C=O) groups is 1. The topological polar surface area (TPSA) is 58.8 Å². The summed E-state index contributed by atoms with van der Waals surface area (Å²) in [7, 11) is 0. The number of hydrogen-bond acceptors (Lipinski definition) is 4. The summed E-state index contributed by atoms with van der Waals surface area (Å²) in [5.74, 6) is 0.215. The normalized spacial score (nSPS) is 28.7. The number of amides is 1. The van der Waals surface area contributed by atoms with Gasteiger partial charge in [0.1, 0.15) is 0 Å². The molecular formula is C12H23N3O2. The van der Waals surface area contributed by atoms with Crippen molar-refractivity contribution in [2.24, 2.45) is 5.73 Å². The summed E-state index contributed by atoms with van der Waals surface area (Å²) in [6, 6.07) is 0.560. The van der Waals surface area contributed by atoms with Gasteiger partial charge in [0.25, 0.3) is 0 Å². The first-order valence-electron chi connectivity index (χ1n) is 6.52. The van der Waals surface area contributed by atoms with Crippen LogP contribution >= 0.6 is 0 Å². The standard InChI is InChI=1S/C12H23N3O2/c1-10(14-4-6-17-7-5-14)2-3-15-9-11(13)8-12(15)16/h10-11H,2-9,13H2,1H3. The van der Waals surface area contributed by atoms with Crippen molar-refractivity contribution >= 4 is 5.91 Å². The number of rotatable bonds is 4. The summed E-state index contributed by atoms with van der Waals surface area (Å²) >= 11 is 0. The van der Waals surface area contributed by atoms with Gasteiger partial charge in [0.05, 0.1) is 13.2 Å². The molecule has 0 aromatic heterocycles. The number of nitrogens with zero attached hydrogens (tertiary/aromatic N) is 2. The maximum atomic E-state index is 11.6. The molecule has 2 aliphatic heterocycles. The molecular weight excluding hydrogens is 218 g/mol. The summed E-state index contributed by atoms with van der Waals surface area (Å²) in [6.45, 7) is 7.48. The second-order valence-electron chi connectivity index (χ2n) is 5.09. The van der Waals surface area contributed by atoms with Crippen molar-refractivity contribution in [3.63, 3.8) is 0 Å². The smallest absolute Gasteiger partial charge is 0.224 e. The molecule has 0 radical (unpaired) electrons. The Morgan fingerprint density at radius 2 is 2.18 bits per heavy atom. The Morgan fingerprint density at radius 3 is 2.76 bits per heavy atom. The summed E-state index contributed by atoms with van der Waals surface area (Å²) in [4.78, 5) is 15.9. The molecule has 0 aliphatic carbocycles. The lowest BCUT2D eigenvalue weighted by Gasteiger charge is -2.33. The van der Waals surface area contributed by atoms with Gasteiger partial charge in [-0.1, -0.05) is 0 Å². The highest BCUT2D eigenvalue weighted by Crippen LogP contribution is 2.13. The van der Waals surface area contributed by atoms with E-state index in [0.29, 0.717) is 12.5 Å². The fourth-order valence-corrected chi connectivity index (χ4v) is 2.56. The second-order valence-corrected chi connectivity index (χ2v) is 5.09. The fourth-order valence-electron chi connectivity index (χ4n) is 2.56. The van der Waals surface area contributed by atoms with Gasteiger partial charge in [-0.3, -0.25) is 9.69 Å². The third-order valence-electron chi connectivity index (χ3n) is 3.73. The van der Waals surface area contributed by atoms with Crippen LogP contribution in [0, 0.1) is 0 Å². The number of carbonyl (C=O) groups excluding carboxylic acids is 1. The van der Waals surface area contributed by atoms with Crippen LogP contribution in [0.15, 0.2) is 0 Å². The Morgan fingerprint density at radius 1 is 1.47 bits per heavy atom. The molecule has 98 valence electrons. The molecule has 2 unspecified atom stereocenters. The molecule has 2 aliphatic rings. The van der Waals surface area contributed by atoms with E-state index in [2.05, 4.69) is 11.8 Å². The van der Waals surface area contributed by atoms with Crippen LogP contribution in [0.25, 0.3) is 0 Å². The van der Waals surface area contributed by atoms with Crippen LogP contribution in [0.2, 0.25) is 0 Å². The minimum absolute atomic E-state index is 0.0428. The van der Waals surface area contributed by atoms with Crippen molar-refractivity contribution in [3.05, 3.63) is 0 Å². The number of nitrogens with two attached hydrogens (primary N) is 1. The molecule has 2 heterocycles. The zero-order chi connectivity index (χ0) is 12.3. The van der Waals surface area contributed by atoms with Crippen LogP contribution in [0.5, 0.6) is 0 Å².